The molecule has 0 spiro atoms. The summed E-state index contributed by atoms with van der Waals surface area (Å²) in [6.45, 7) is 0. The van der Waals surface area contributed by atoms with Gasteiger partial charge >= 0.3 is 0 Å². The van der Waals surface area contributed by atoms with E-state index < -0.39 is 0 Å². The highest BCUT2D eigenvalue weighted by molar-refractivity contribution is 5.88. The second-order valence-electron chi connectivity index (χ2n) is 3.20. The van der Waals surface area contributed by atoms with Gasteiger partial charge in [-0.25, -0.2) is 0 Å². The number of benzene rings is 1. The fraction of sp³-hybridized carbons (Fsp3) is 0. The summed E-state index contributed by atoms with van der Waals surface area (Å²) >= 11 is 0. The minimum atomic E-state index is 0.0938. The number of para-hydroxylation sites is 1. The van der Waals surface area contributed by atoms with Gasteiger partial charge in [0.1, 0.15) is 17.7 Å². The molecule has 0 N–H and O–H groups in total. The Morgan fingerprint density at radius 3 is 2.62 bits per heavy atom. The number of hydrogen-bond acceptors (Lipinski definition) is 3. The zero-order valence-corrected chi connectivity index (χ0v) is 8.38. The maximum Gasteiger partial charge on any atom is 0.130 e. The summed E-state index contributed by atoms with van der Waals surface area (Å²) in [4.78, 5) is 4.21. The van der Waals surface area contributed by atoms with E-state index in [-0.39, 0.29) is 5.57 Å². The van der Waals surface area contributed by atoms with Gasteiger partial charge in [-0.1, -0.05) is 18.2 Å². The highest BCUT2D eigenvalue weighted by Gasteiger charge is 2.00. The van der Waals surface area contributed by atoms with Crippen molar-refractivity contribution in [1.82, 2.24) is 4.98 Å². The van der Waals surface area contributed by atoms with Crippen LogP contribution in [0.3, 0.4) is 0 Å². The van der Waals surface area contributed by atoms with Crippen LogP contribution in [0.25, 0.3) is 17.0 Å². The van der Waals surface area contributed by atoms with Crippen LogP contribution in [-0.2, 0) is 0 Å². The molecular weight excluding hydrogens is 198 g/mol. The van der Waals surface area contributed by atoms with Gasteiger partial charge in [-0.3, -0.25) is 4.98 Å². The second-order valence-corrected chi connectivity index (χ2v) is 3.20. The van der Waals surface area contributed by atoms with Crippen LogP contribution in [0, 0.1) is 22.7 Å². The van der Waals surface area contributed by atoms with Crippen LogP contribution in [0.1, 0.15) is 5.56 Å². The summed E-state index contributed by atoms with van der Waals surface area (Å²) in [6, 6.07) is 13.1. The van der Waals surface area contributed by atoms with E-state index in [4.69, 9.17) is 10.5 Å². The Kier molecular flexibility index (Phi) is 2.63. The van der Waals surface area contributed by atoms with Crippen LogP contribution in [-0.4, -0.2) is 4.98 Å². The van der Waals surface area contributed by atoms with Crippen molar-refractivity contribution in [3.8, 4) is 12.1 Å². The molecule has 2 aromatic rings. The molecule has 16 heavy (non-hydrogen) atoms. The largest absolute Gasteiger partial charge is 0.256 e. The Balaban J connectivity index is 2.68. The van der Waals surface area contributed by atoms with Crippen LogP contribution in [0.15, 0.2) is 42.1 Å². The number of allylic oxidation sites excluding steroid dienone is 1. The van der Waals surface area contributed by atoms with Crippen molar-refractivity contribution in [2.45, 2.75) is 0 Å². The van der Waals surface area contributed by atoms with Crippen LogP contribution < -0.4 is 0 Å². The first-order valence-electron chi connectivity index (χ1n) is 4.71. The molecule has 74 valence electrons. The van der Waals surface area contributed by atoms with Gasteiger partial charge in [-0.2, -0.15) is 10.5 Å². The van der Waals surface area contributed by atoms with Crippen molar-refractivity contribution >= 4 is 17.0 Å². The van der Waals surface area contributed by atoms with Crippen molar-refractivity contribution in [1.29, 1.82) is 10.5 Å². The summed E-state index contributed by atoms with van der Waals surface area (Å²) in [7, 11) is 0. The molecule has 0 atom stereocenters. The molecule has 0 amide bonds. The van der Waals surface area contributed by atoms with Crippen molar-refractivity contribution in [3.63, 3.8) is 0 Å². The molecule has 1 heterocycles. The summed E-state index contributed by atoms with van der Waals surface area (Å²) < 4.78 is 0. The molecule has 0 aliphatic carbocycles. The van der Waals surface area contributed by atoms with E-state index in [1.54, 1.807) is 18.3 Å². The molecule has 1 aromatic heterocycles. The lowest BCUT2D eigenvalue weighted by Crippen LogP contribution is -1.83. The summed E-state index contributed by atoms with van der Waals surface area (Å²) in [5, 5.41) is 18.3. The Hall–Kier alpha value is -2.65. The molecule has 0 bridgehead atoms. The van der Waals surface area contributed by atoms with E-state index in [9.17, 15) is 0 Å². The van der Waals surface area contributed by atoms with Crippen molar-refractivity contribution in [3.05, 3.63) is 47.7 Å². The Bertz CT molecular complexity index is 621. The first-order valence-corrected chi connectivity index (χ1v) is 4.71. The maximum absolute atomic E-state index is 8.70. The summed E-state index contributed by atoms with van der Waals surface area (Å²) in [5.74, 6) is 0. The monoisotopic (exact) mass is 205 g/mol. The highest BCUT2D eigenvalue weighted by atomic mass is 14.6. The minimum absolute atomic E-state index is 0.0938. The van der Waals surface area contributed by atoms with Gasteiger partial charge in [0.25, 0.3) is 0 Å². The minimum Gasteiger partial charge on any atom is -0.256 e. The van der Waals surface area contributed by atoms with Crippen LogP contribution >= 0.6 is 0 Å². The number of aromatic nitrogens is 1. The quantitative estimate of drug-likeness (QED) is 0.672. The van der Waals surface area contributed by atoms with Gasteiger partial charge < -0.3 is 0 Å². The molecular formula is C13H7N3. The SMILES string of the molecule is N#CC(C#N)=Cc1ccnc2ccccc12. The fourth-order valence-corrected chi connectivity index (χ4v) is 1.49. The molecule has 0 radical (unpaired) electrons. The van der Waals surface area contributed by atoms with Crippen molar-refractivity contribution < 1.29 is 0 Å². The van der Waals surface area contributed by atoms with Gasteiger partial charge in [0, 0.05) is 11.6 Å². The molecule has 0 saturated heterocycles. The Morgan fingerprint density at radius 1 is 1.12 bits per heavy atom. The molecule has 3 nitrogen and oxygen atoms in total. The Morgan fingerprint density at radius 2 is 1.88 bits per heavy atom. The summed E-state index contributed by atoms with van der Waals surface area (Å²) in [5.41, 5.74) is 1.78. The average molecular weight is 205 g/mol. The smallest absolute Gasteiger partial charge is 0.130 e. The van der Waals surface area contributed by atoms with Gasteiger partial charge in [0.05, 0.1) is 5.52 Å². The fourth-order valence-electron chi connectivity index (χ4n) is 1.49. The topological polar surface area (TPSA) is 60.5 Å². The Labute approximate surface area is 92.9 Å². The number of nitriles is 2. The third-order valence-corrected chi connectivity index (χ3v) is 2.22. The maximum atomic E-state index is 8.70. The predicted octanol–water partition coefficient (Wildman–Crippen LogP) is 2.67. The van der Waals surface area contributed by atoms with Gasteiger partial charge in [-0.15, -0.1) is 0 Å². The third-order valence-electron chi connectivity index (χ3n) is 2.22. The van der Waals surface area contributed by atoms with E-state index in [1.807, 2.05) is 36.4 Å². The van der Waals surface area contributed by atoms with Crippen LogP contribution in [0.4, 0.5) is 0 Å². The predicted molar refractivity (Wildman–Crippen MR) is 60.9 cm³/mol. The number of hydrogen-bond donors (Lipinski definition) is 0. The van der Waals surface area contributed by atoms with E-state index in [2.05, 4.69) is 4.98 Å². The zero-order valence-electron chi connectivity index (χ0n) is 8.38. The van der Waals surface area contributed by atoms with E-state index in [0.29, 0.717) is 0 Å². The van der Waals surface area contributed by atoms with Crippen LogP contribution in [0.2, 0.25) is 0 Å². The molecule has 1 aromatic carbocycles. The van der Waals surface area contributed by atoms with Crippen molar-refractivity contribution in [2.24, 2.45) is 0 Å². The summed E-state index contributed by atoms with van der Waals surface area (Å²) in [6.07, 6.45) is 3.24. The third kappa shape index (κ3) is 1.75. The number of rotatable bonds is 1. The molecule has 0 aliphatic rings. The second kappa shape index (κ2) is 4.25. The van der Waals surface area contributed by atoms with Gasteiger partial charge in [-0.05, 0) is 23.8 Å². The number of nitrogens with zero attached hydrogens (tertiary/aromatic N) is 3. The zero-order chi connectivity index (χ0) is 11.4. The lowest BCUT2D eigenvalue weighted by atomic mass is 10.1. The van der Waals surface area contributed by atoms with E-state index in [1.165, 1.54) is 0 Å². The molecule has 0 saturated carbocycles. The lowest BCUT2D eigenvalue weighted by molar-refractivity contribution is 1.40. The van der Waals surface area contributed by atoms with Gasteiger partial charge in [0.2, 0.25) is 0 Å². The first kappa shape index (κ1) is 9.89. The highest BCUT2D eigenvalue weighted by Crippen LogP contribution is 2.18. The molecule has 3 heteroatoms. The van der Waals surface area contributed by atoms with Crippen LogP contribution in [0.5, 0.6) is 0 Å². The standard InChI is InChI=1S/C13H7N3/c14-8-10(9-15)7-11-5-6-16-13-4-2-1-3-12(11)13/h1-7H. The molecule has 0 unspecified atom stereocenters. The molecule has 2 rings (SSSR count). The van der Waals surface area contributed by atoms with E-state index in [0.717, 1.165) is 16.5 Å². The molecule has 0 aliphatic heterocycles. The first-order chi connectivity index (χ1) is 7.85. The number of pyridine rings is 1. The van der Waals surface area contributed by atoms with E-state index >= 15 is 0 Å². The molecule has 0 fully saturated rings. The normalized spacial score (nSPS) is 9.12. The number of fused-ring (bicyclic) bond motifs is 1. The van der Waals surface area contributed by atoms with Gasteiger partial charge in [0.15, 0.2) is 0 Å². The van der Waals surface area contributed by atoms with Crippen molar-refractivity contribution in [2.75, 3.05) is 0 Å². The average Bonchev–Trinajstić information content (AvgIpc) is 2.36. The lowest BCUT2D eigenvalue weighted by Gasteiger charge is -2.00.